The highest BCUT2D eigenvalue weighted by Crippen LogP contribution is 2.26. The predicted octanol–water partition coefficient (Wildman–Crippen LogP) is 3.06. The maximum absolute atomic E-state index is 13.1. The molecule has 0 aliphatic carbocycles. The molecule has 2 aromatic heterocycles. The van der Waals surface area contributed by atoms with Crippen molar-refractivity contribution in [2.24, 2.45) is 5.92 Å². The van der Waals surface area contributed by atoms with Gasteiger partial charge in [0, 0.05) is 31.7 Å². The van der Waals surface area contributed by atoms with E-state index in [1.807, 2.05) is 31.2 Å². The van der Waals surface area contributed by atoms with E-state index in [9.17, 15) is 14.0 Å². The van der Waals surface area contributed by atoms with Crippen molar-refractivity contribution in [1.82, 2.24) is 25.1 Å². The van der Waals surface area contributed by atoms with Gasteiger partial charge in [0.15, 0.2) is 5.65 Å². The van der Waals surface area contributed by atoms with Crippen molar-refractivity contribution in [3.8, 4) is 0 Å². The average Bonchev–Trinajstić information content (AvgIpc) is 3.47. The lowest BCUT2D eigenvalue weighted by molar-refractivity contribution is -0.126. The number of rotatable bonds is 8. The third kappa shape index (κ3) is 5.02. The molecule has 1 atom stereocenters. The normalized spacial score (nSPS) is 15.4. The first-order valence-corrected chi connectivity index (χ1v) is 11.8. The Hall–Kier alpha value is -4.34. The minimum Gasteiger partial charge on any atom is -0.365 e. The van der Waals surface area contributed by atoms with Crippen LogP contribution in [0.4, 0.5) is 15.9 Å². The van der Waals surface area contributed by atoms with Gasteiger partial charge in [-0.2, -0.15) is 5.10 Å². The van der Waals surface area contributed by atoms with Crippen LogP contribution in [0.2, 0.25) is 0 Å². The number of hydrogen-bond acceptors (Lipinski definition) is 6. The summed E-state index contributed by atoms with van der Waals surface area (Å²) in [7, 11) is 0. The maximum atomic E-state index is 13.1. The van der Waals surface area contributed by atoms with Gasteiger partial charge in [-0.05, 0) is 42.3 Å². The SMILES string of the molecule is Cc1cccc(N2CC(C(=O)NCCn3ncc4c(NCc5ccc(F)cc5)ncnc43)CC2=O)c1. The summed E-state index contributed by atoms with van der Waals surface area (Å²) in [6.45, 7) is 3.60. The molecule has 2 N–H and O–H groups in total. The van der Waals surface area contributed by atoms with E-state index in [0.29, 0.717) is 37.6 Å². The Labute approximate surface area is 207 Å². The van der Waals surface area contributed by atoms with Crippen LogP contribution in [0.25, 0.3) is 11.0 Å². The minimum atomic E-state index is -0.392. The summed E-state index contributed by atoms with van der Waals surface area (Å²) in [5, 5.41) is 11.3. The molecule has 1 aliphatic heterocycles. The molecule has 0 bridgehead atoms. The first kappa shape index (κ1) is 23.4. The number of benzene rings is 2. The first-order valence-electron chi connectivity index (χ1n) is 11.8. The van der Waals surface area contributed by atoms with Crippen LogP contribution in [0.15, 0.2) is 61.1 Å². The molecule has 0 radical (unpaired) electrons. The highest BCUT2D eigenvalue weighted by Gasteiger charge is 2.35. The number of aromatic nitrogens is 4. The average molecular weight is 488 g/mol. The zero-order chi connectivity index (χ0) is 25.1. The largest absolute Gasteiger partial charge is 0.365 e. The number of hydrogen-bond donors (Lipinski definition) is 2. The second-order valence-electron chi connectivity index (χ2n) is 8.84. The lowest BCUT2D eigenvalue weighted by Crippen LogP contribution is -2.35. The van der Waals surface area contributed by atoms with Gasteiger partial charge in [-0.15, -0.1) is 0 Å². The lowest BCUT2D eigenvalue weighted by atomic mass is 10.1. The fraction of sp³-hybridized carbons (Fsp3) is 0.269. The Balaban J connectivity index is 1.17. The van der Waals surface area contributed by atoms with E-state index in [1.165, 1.54) is 18.5 Å². The van der Waals surface area contributed by atoms with E-state index in [2.05, 4.69) is 25.7 Å². The molecule has 4 aromatic rings. The van der Waals surface area contributed by atoms with Crippen LogP contribution >= 0.6 is 0 Å². The summed E-state index contributed by atoms with van der Waals surface area (Å²) in [4.78, 5) is 35.6. The van der Waals surface area contributed by atoms with E-state index in [-0.39, 0.29) is 24.1 Å². The molecule has 1 saturated heterocycles. The zero-order valence-electron chi connectivity index (χ0n) is 19.8. The number of carbonyl (C=O) groups is 2. The van der Waals surface area contributed by atoms with Crippen molar-refractivity contribution in [3.05, 3.63) is 78.0 Å². The Morgan fingerprint density at radius 3 is 2.81 bits per heavy atom. The van der Waals surface area contributed by atoms with Crippen LogP contribution in [-0.4, -0.2) is 44.7 Å². The fourth-order valence-corrected chi connectivity index (χ4v) is 4.34. The molecule has 1 aliphatic rings. The van der Waals surface area contributed by atoms with E-state index in [4.69, 9.17) is 0 Å². The van der Waals surface area contributed by atoms with Gasteiger partial charge in [0.05, 0.1) is 24.0 Å². The monoisotopic (exact) mass is 487 g/mol. The van der Waals surface area contributed by atoms with Gasteiger partial charge < -0.3 is 15.5 Å². The third-order valence-electron chi connectivity index (χ3n) is 6.24. The number of anilines is 2. The number of halogens is 1. The van der Waals surface area contributed by atoms with Crippen molar-refractivity contribution in [1.29, 1.82) is 0 Å². The summed E-state index contributed by atoms with van der Waals surface area (Å²) >= 11 is 0. The van der Waals surface area contributed by atoms with Gasteiger partial charge in [0.1, 0.15) is 18.0 Å². The van der Waals surface area contributed by atoms with Crippen LogP contribution in [0.3, 0.4) is 0 Å². The Morgan fingerprint density at radius 2 is 2.00 bits per heavy atom. The minimum absolute atomic E-state index is 0.0452. The summed E-state index contributed by atoms with van der Waals surface area (Å²) < 4.78 is 14.8. The molecule has 0 saturated carbocycles. The zero-order valence-corrected chi connectivity index (χ0v) is 19.8. The van der Waals surface area contributed by atoms with Gasteiger partial charge in [-0.1, -0.05) is 24.3 Å². The number of nitrogens with zero attached hydrogens (tertiary/aromatic N) is 5. The van der Waals surface area contributed by atoms with Gasteiger partial charge in [-0.3, -0.25) is 9.59 Å². The molecule has 1 unspecified atom stereocenters. The molecular weight excluding hydrogens is 461 g/mol. The number of carbonyl (C=O) groups excluding carboxylic acids is 2. The quantitative estimate of drug-likeness (QED) is 0.396. The van der Waals surface area contributed by atoms with E-state index in [1.54, 1.807) is 27.9 Å². The molecule has 10 heteroatoms. The van der Waals surface area contributed by atoms with Crippen LogP contribution in [-0.2, 0) is 22.7 Å². The van der Waals surface area contributed by atoms with Crippen molar-refractivity contribution in [2.75, 3.05) is 23.3 Å². The molecular formula is C26H26FN7O2. The Kier molecular flexibility index (Phi) is 6.57. The molecule has 184 valence electrons. The molecule has 2 amide bonds. The maximum Gasteiger partial charge on any atom is 0.227 e. The van der Waals surface area contributed by atoms with Crippen molar-refractivity contribution in [3.63, 3.8) is 0 Å². The van der Waals surface area contributed by atoms with Gasteiger partial charge >= 0.3 is 0 Å². The third-order valence-corrected chi connectivity index (χ3v) is 6.24. The highest BCUT2D eigenvalue weighted by molar-refractivity contribution is 6.00. The fourth-order valence-electron chi connectivity index (χ4n) is 4.34. The van der Waals surface area contributed by atoms with Crippen molar-refractivity contribution in [2.45, 2.75) is 26.4 Å². The Bertz CT molecular complexity index is 1400. The smallest absolute Gasteiger partial charge is 0.227 e. The highest BCUT2D eigenvalue weighted by atomic mass is 19.1. The van der Waals surface area contributed by atoms with Crippen LogP contribution in [0.5, 0.6) is 0 Å². The topological polar surface area (TPSA) is 105 Å². The second kappa shape index (κ2) is 10.1. The molecule has 5 rings (SSSR count). The van der Waals surface area contributed by atoms with Gasteiger partial charge in [0.25, 0.3) is 0 Å². The summed E-state index contributed by atoms with van der Waals surface area (Å²) in [6.07, 6.45) is 3.33. The number of aryl methyl sites for hydroxylation is 1. The van der Waals surface area contributed by atoms with E-state index < -0.39 is 5.92 Å². The lowest BCUT2D eigenvalue weighted by Gasteiger charge is -2.17. The first-order chi connectivity index (χ1) is 17.5. The number of fused-ring (bicyclic) bond motifs is 1. The number of amides is 2. The van der Waals surface area contributed by atoms with Crippen molar-refractivity contribution >= 4 is 34.4 Å². The molecule has 2 aromatic carbocycles. The van der Waals surface area contributed by atoms with Crippen LogP contribution in [0, 0.1) is 18.7 Å². The Morgan fingerprint density at radius 1 is 1.17 bits per heavy atom. The predicted molar refractivity (Wildman–Crippen MR) is 134 cm³/mol. The van der Waals surface area contributed by atoms with Gasteiger partial charge in [0.2, 0.25) is 11.8 Å². The molecule has 3 heterocycles. The molecule has 9 nitrogen and oxygen atoms in total. The second-order valence-corrected chi connectivity index (χ2v) is 8.84. The standard InChI is InChI=1S/C26H26FN7O2/c1-17-3-2-4-21(11-17)33-15-19(12-23(33)35)26(36)28-9-10-34-25-22(14-32-34)24(30-16-31-25)29-13-18-5-7-20(27)8-6-18/h2-8,11,14,16,19H,9-10,12-13,15H2,1H3,(H,28,36)(H,29,30,31). The summed E-state index contributed by atoms with van der Waals surface area (Å²) in [5.74, 6) is -0.237. The van der Waals surface area contributed by atoms with E-state index in [0.717, 1.165) is 22.2 Å². The summed E-state index contributed by atoms with van der Waals surface area (Å²) in [6, 6.07) is 14.0. The van der Waals surface area contributed by atoms with Crippen molar-refractivity contribution < 1.29 is 14.0 Å². The van der Waals surface area contributed by atoms with Crippen LogP contribution < -0.4 is 15.5 Å². The molecule has 36 heavy (non-hydrogen) atoms. The molecule has 1 fully saturated rings. The van der Waals surface area contributed by atoms with Crippen LogP contribution in [0.1, 0.15) is 17.5 Å². The summed E-state index contributed by atoms with van der Waals surface area (Å²) in [5.41, 5.74) is 3.45. The number of nitrogens with one attached hydrogen (secondary N) is 2. The van der Waals surface area contributed by atoms with E-state index >= 15 is 0 Å². The molecule has 0 spiro atoms. The van der Waals surface area contributed by atoms with Gasteiger partial charge in [-0.25, -0.2) is 19.0 Å².